The smallest absolute Gasteiger partial charge is 0.0329 e. The maximum atomic E-state index is 2.66. The van der Waals surface area contributed by atoms with Gasteiger partial charge in [-0.3, -0.25) is 9.80 Å². The highest BCUT2D eigenvalue weighted by atomic mass is 32.1. The number of thiophene rings is 1. The molecule has 1 atom stereocenters. The summed E-state index contributed by atoms with van der Waals surface area (Å²) < 4.78 is 0. The second kappa shape index (κ2) is 7.73. The van der Waals surface area contributed by atoms with Crippen LogP contribution in [0.2, 0.25) is 0 Å². The minimum absolute atomic E-state index is 0.584. The van der Waals surface area contributed by atoms with Gasteiger partial charge in [-0.05, 0) is 55.2 Å². The Balaban J connectivity index is 1.38. The fraction of sp³-hybridized carbons (Fsp3) is 0.765. The predicted molar refractivity (Wildman–Crippen MR) is 91.0 cm³/mol. The van der Waals surface area contributed by atoms with Gasteiger partial charge < -0.3 is 4.90 Å². The summed E-state index contributed by atoms with van der Waals surface area (Å²) in [6, 6.07) is 2.86. The Morgan fingerprint density at radius 2 is 1.62 bits per heavy atom. The van der Waals surface area contributed by atoms with Gasteiger partial charge in [0, 0.05) is 45.3 Å². The number of hydrogen-bond acceptors (Lipinski definition) is 4. The number of piperidine rings is 1. The minimum Gasteiger partial charge on any atom is -0.302 e. The van der Waals surface area contributed by atoms with Crippen molar-refractivity contribution in [2.45, 2.75) is 32.2 Å². The van der Waals surface area contributed by atoms with Crippen LogP contribution >= 0.6 is 11.3 Å². The van der Waals surface area contributed by atoms with Crippen LogP contribution in [0.1, 0.15) is 37.8 Å². The number of piperazine rings is 1. The SMILES string of the molecule is C[C@H](c1ccsc1)N1CCN(CCN2CCCCC2)CC1. The highest BCUT2D eigenvalue weighted by molar-refractivity contribution is 7.07. The highest BCUT2D eigenvalue weighted by Gasteiger charge is 2.22. The molecule has 0 radical (unpaired) electrons. The van der Waals surface area contributed by atoms with Crippen LogP contribution in [0.15, 0.2) is 16.8 Å². The Hall–Kier alpha value is -0.420. The fourth-order valence-corrected chi connectivity index (χ4v) is 4.31. The van der Waals surface area contributed by atoms with Crippen LogP contribution in [0.3, 0.4) is 0 Å². The molecule has 3 nitrogen and oxygen atoms in total. The quantitative estimate of drug-likeness (QED) is 0.828. The first-order valence-electron chi connectivity index (χ1n) is 8.54. The van der Waals surface area contributed by atoms with Crippen molar-refractivity contribution >= 4 is 11.3 Å². The summed E-state index contributed by atoms with van der Waals surface area (Å²) in [5.74, 6) is 0. The van der Waals surface area contributed by atoms with Gasteiger partial charge in [0.1, 0.15) is 0 Å². The maximum absolute atomic E-state index is 2.66. The summed E-state index contributed by atoms with van der Waals surface area (Å²) in [5, 5.41) is 4.49. The van der Waals surface area contributed by atoms with Crippen molar-refractivity contribution in [1.82, 2.24) is 14.7 Å². The van der Waals surface area contributed by atoms with Crippen molar-refractivity contribution in [2.75, 3.05) is 52.4 Å². The van der Waals surface area contributed by atoms with Crippen molar-refractivity contribution in [3.05, 3.63) is 22.4 Å². The Bertz CT molecular complexity index is 392. The van der Waals surface area contributed by atoms with E-state index >= 15 is 0 Å². The molecule has 3 heterocycles. The Kier molecular flexibility index (Phi) is 5.69. The summed E-state index contributed by atoms with van der Waals surface area (Å²) in [5.41, 5.74) is 1.49. The van der Waals surface area contributed by atoms with Crippen LogP contribution < -0.4 is 0 Å². The van der Waals surface area contributed by atoms with E-state index in [-0.39, 0.29) is 0 Å². The lowest BCUT2D eigenvalue weighted by molar-refractivity contribution is 0.0907. The van der Waals surface area contributed by atoms with Gasteiger partial charge in [0.2, 0.25) is 0 Å². The summed E-state index contributed by atoms with van der Waals surface area (Å²) >= 11 is 1.81. The molecule has 1 aromatic heterocycles. The number of likely N-dealkylation sites (tertiary alicyclic amines) is 1. The Morgan fingerprint density at radius 1 is 0.952 bits per heavy atom. The van der Waals surface area contributed by atoms with E-state index in [1.165, 1.54) is 77.2 Å². The summed E-state index contributed by atoms with van der Waals surface area (Å²) in [4.78, 5) is 7.95. The normalized spacial score (nSPS) is 24.2. The number of hydrogen-bond donors (Lipinski definition) is 0. The largest absolute Gasteiger partial charge is 0.302 e. The second-order valence-corrected chi connectivity index (χ2v) is 7.29. The van der Waals surface area contributed by atoms with E-state index in [9.17, 15) is 0 Å². The van der Waals surface area contributed by atoms with Crippen LogP contribution in [0.25, 0.3) is 0 Å². The average molecular weight is 308 g/mol. The molecule has 2 saturated heterocycles. The van der Waals surface area contributed by atoms with Crippen LogP contribution in [-0.2, 0) is 0 Å². The van der Waals surface area contributed by atoms with Crippen LogP contribution in [0.4, 0.5) is 0 Å². The van der Waals surface area contributed by atoms with Crippen molar-refractivity contribution in [2.24, 2.45) is 0 Å². The van der Waals surface area contributed by atoms with Gasteiger partial charge >= 0.3 is 0 Å². The van der Waals surface area contributed by atoms with Crippen LogP contribution in [0.5, 0.6) is 0 Å². The third kappa shape index (κ3) is 4.28. The van der Waals surface area contributed by atoms with E-state index < -0.39 is 0 Å². The van der Waals surface area contributed by atoms with Gasteiger partial charge in [0.05, 0.1) is 0 Å². The molecule has 0 bridgehead atoms. The molecule has 0 amide bonds. The third-order valence-electron chi connectivity index (χ3n) is 5.16. The minimum atomic E-state index is 0.584. The van der Waals surface area contributed by atoms with E-state index in [0.717, 1.165) is 0 Å². The molecule has 3 rings (SSSR count). The summed E-state index contributed by atoms with van der Waals surface area (Å²) in [7, 11) is 0. The molecular formula is C17H29N3S. The third-order valence-corrected chi connectivity index (χ3v) is 5.86. The number of rotatable bonds is 5. The van der Waals surface area contributed by atoms with Crippen molar-refractivity contribution < 1.29 is 0 Å². The van der Waals surface area contributed by atoms with Gasteiger partial charge in [-0.25, -0.2) is 0 Å². The lowest BCUT2D eigenvalue weighted by Crippen LogP contribution is -2.49. The standard InChI is InChI=1S/C17H29N3S/c1-16(17-5-14-21-15-17)20-12-10-19(11-13-20)9-8-18-6-3-2-4-7-18/h5,14-16H,2-4,6-13H2,1H3/t16-/m1/s1. The first-order chi connectivity index (χ1) is 10.3. The van der Waals surface area contributed by atoms with Crippen LogP contribution in [0, 0.1) is 0 Å². The first kappa shape index (κ1) is 15.5. The molecule has 0 aromatic carbocycles. The molecule has 21 heavy (non-hydrogen) atoms. The van der Waals surface area contributed by atoms with Crippen molar-refractivity contribution in [3.8, 4) is 0 Å². The lowest BCUT2D eigenvalue weighted by atomic mass is 10.1. The zero-order valence-electron chi connectivity index (χ0n) is 13.3. The van der Waals surface area contributed by atoms with E-state index in [1.54, 1.807) is 0 Å². The van der Waals surface area contributed by atoms with Gasteiger partial charge in [-0.15, -0.1) is 0 Å². The lowest BCUT2D eigenvalue weighted by Gasteiger charge is -2.39. The van der Waals surface area contributed by atoms with E-state index in [1.807, 2.05) is 11.3 Å². The molecule has 2 aliphatic rings. The molecule has 4 heteroatoms. The maximum Gasteiger partial charge on any atom is 0.0329 e. The van der Waals surface area contributed by atoms with E-state index in [0.29, 0.717) is 6.04 Å². The monoisotopic (exact) mass is 307 g/mol. The topological polar surface area (TPSA) is 9.72 Å². The second-order valence-electron chi connectivity index (χ2n) is 6.51. The summed E-state index contributed by atoms with van der Waals surface area (Å²) in [6.07, 6.45) is 4.26. The summed E-state index contributed by atoms with van der Waals surface area (Å²) in [6.45, 7) is 12.5. The molecule has 118 valence electrons. The van der Waals surface area contributed by atoms with E-state index in [2.05, 4.69) is 38.4 Å². The molecule has 0 aliphatic carbocycles. The molecule has 0 spiro atoms. The van der Waals surface area contributed by atoms with Crippen LogP contribution in [-0.4, -0.2) is 67.1 Å². The molecule has 0 saturated carbocycles. The molecular weight excluding hydrogens is 278 g/mol. The Morgan fingerprint density at radius 3 is 2.24 bits per heavy atom. The molecule has 2 aliphatic heterocycles. The molecule has 2 fully saturated rings. The molecule has 0 N–H and O–H groups in total. The molecule has 0 unspecified atom stereocenters. The van der Waals surface area contributed by atoms with Gasteiger partial charge in [-0.1, -0.05) is 6.42 Å². The molecule has 1 aromatic rings. The first-order valence-corrected chi connectivity index (χ1v) is 9.48. The van der Waals surface area contributed by atoms with Crippen molar-refractivity contribution in [1.29, 1.82) is 0 Å². The van der Waals surface area contributed by atoms with Gasteiger partial charge in [-0.2, -0.15) is 11.3 Å². The zero-order valence-corrected chi connectivity index (χ0v) is 14.2. The average Bonchev–Trinajstić information content (AvgIpc) is 3.08. The predicted octanol–water partition coefficient (Wildman–Crippen LogP) is 2.91. The fourth-order valence-electron chi connectivity index (χ4n) is 3.56. The zero-order chi connectivity index (χ0) is 14.5. The Labute approximate surface area is 133 Å². The number of nitrogens with zero attached hydrogens (tertiary/aromatic N) is 3. The highest BCUT2D eigenvalue weighted by Crippen LogP contribution is 2.23. The van der Waals surface area contributed by atoms with E-state index in [4.69, 9.17) is 0 Å². The van der Waals surface area contributed by atoms with Crippen molar-refractivity contribution in [3.63, 3.8) is 0 Å². The van der Waals surface area contributed by atoms with Gasteiger partial charge in [0.25, 0.3) is 0 Å². The van der Waals surface area contributed by atoms with Gasteiger partial charge in [0.15, 0.2) is 0 Å².